The first-order chi connectivity index (χ1) is 8.88. The first-order valence-electron chi connectivity index (χ1n) is 6.76. The molecule has 108 valence electrons. The lowest BCUT2D eigenvalue weighted by Crippen LogP contribution is -2.41. The molecular formula is C15H25FN2O. The molecule has 0 aromatic heterocycles. The Bertz CT molecular complexity index is 407. The van der Waals surface area contributed by atoms with Crippen LogP contribution in [0.4, 0.5) is 10.1 Å². The van der Waals surface area contributed by atoms with Gasteiger partial charge in [-0.05, 0) is 40.9 Å². The van der Waals surface area contributed by atoms with Crippen LogP contribution >= 0.6 is 0 Å². The smallest absolute Gasteiger partial charge is 0.146 e. The maximum atomic E-state index is 14.2. The predicted octanol–water partition coefficient (Wildman–Crippen LogP) is 2.66. The summed E-state index contributed by atoms with van der Waals surface area (Å²) in [4.78, 5) is 4.09. The highest BCUT2D eigenvalue weighted by Gasteiger charge is 2.21. The van der Waals surface area contributed by atoms with Crippen molar-refractivity contribution in [3.8, 4) is 0 Å². The van der Waals surface area contributed by atoms with Gasteiger partial charge < -0.3 is 14.9 Å². The van der Waals surface area contributed by atoms with Gasteiger partial charge in [-0.3, -0.25) is 0 Å². The van der Waals surface area contributed by atoms with Crippen molar-refractivity contribution < 1.29 is 9.50 Å². The number of likely N-dealkylation sites (N-methyl/N-ethyl adjacent to an activating group) is 2. The van der Waals surface area contributed by atoms with Crippen molar-refractivity contribution in [3.63, 3.8) is 0 Å². The topological polar surface area (TPSA) is 26.7 Å². The molecule has 0 radical (unpaired) electrons. The lowest BCUT2D eigenvalue weighted by atomic mass is 10.1. The summed E-state index contributed by atoms with van der Waals surface area (Å²) in [7, 11) is 4.00. The van der Waals surface area contributed by atoms with Gasteiger partial charge in [0, 0.05) is 24.7 Å². The summed E-state index contributed by atoms with van der Waals surface area (Å²) < 4.78 is 14.2. The van der Waals surface area contributed by atoms with Gasteiger partial charge in [0.15, 0.2) is 0 Å². The van der Waals surface area contributed by atoms with E-state index in [4.69, 9.17) is 0 Å². The van der Waals surface area contributed by atoms with Gasteiger partial charge in [-0.15, -0.1) is 0 Å². The lowest BCUT2D eigenvalue weighted by molar-refractivity contribution is 0.199. The maximum absolute atomic E-state index is 14.2. The summed E-state index contributed by atoms with van der Waals surface area (Å²) >= 11 is 0. The zero-order valence-electron chi connectivity index (χ0n) is 12.5. The summed E-state index contributed by atoms with van der Waals surface area (Å²) in [6.45, 7) is 7.28. The molecule has 19 heavy (non-hydrogen) atoms. The van der Waals surface area contributed by atoms with Gasteiger partial charge in [0.25, 0.3) is 0 Å². The molecule has 1 N–H and O–H groups in total. The quantitative estimate of drug-likeness (QED) is 0.859. The minimum atomic E-state index is -0.675. The van der Waals surface area contributed by atoms with Crippen LogP contribution in [0.5, 0.6) is 0 Å². The minimum Gasteiger partial charge on any atom is -0.389 e. The second kappa shape index (κ2) is 6.87. The monoisotopic (exact) mass is 268 g/mol. The van der Waals surface area contributed by atoms with Gasteiger partial charge in [0.05, 0.1) is 11.8 Å². The summed E-state index contributed by atoms with van der Waals surface area (Å²) in [6, 6.07) is 5.06. The molecule has 0 aliphatic heterocycles. The molecule has 0 fully saturated rings. The van der Waals surface area contributed by atoms with Gasteiger partial charge in [0.1, 0.15) is 5.82 Å². The molecule has 0 heterocycles. The zero-order valence-corrected chi connectivity index (χ0v) is 12.5. The number of hydrogen-bond donors (Lipinski definition) is 1. The van der Waals surface area contributed by atoms with E-state index in [1.807, 2.05) is 25.9 Å². The van der Waals surface area contributed by atoms with E-state index in [-0.39, 0.29) is 11.9 Å². The van der Waals surface area contributed by atoms with Gasteiger partial charge >= 0.3 is 0 Å². The van der Waals surface area contributed by atoms with Crippen LogP contribution < -0.4 is 4.90 Å². The summed E-state index contributed by atoms with van der Waals surface area (Å²) in [6.07, 6.45) is -0.675. The molecule has 0 amide bonds. The molecule has 2 atom stereocenters. The Kier molecular flexibility index (Phi) is 5.76. The standard InChI is InChI=1S/C15H25FN2O/c1-6-18(11(2)10-17(4)5)15-13(12(3)19)8-7-9-14(15)16/h7-9,11-12,19H,6,10H2,1-5H3/t11?,12-/m0/s1. The predicted molar refractivity (Wildman–Crippen MR) is 78.1 cm³/mol. The Morgan fingerprint density at radius 1 is 1.26 bits per heavy atom. The number of rotatable bonds is 6. The molecule has 1 rings (SSSR count). The number of halogens is 1. The second-order valence-corrected chi connectivity index (χ2v) is 5.25. The van der Waals surface area contributed by atoms with Crippen molar-refractivity contribution in [2.24, 2.45) is 0 Å². The van der Waals surface area contributed by atoms with E-state index in [9.17, 15) is 9.50 Å². The van der Waals surface area contributed by atoms with Crippen molar-refractivity contribution in [1.82, 2.24) is 4.90 Å². The third kappa shape index (κ3) is 3.91. The van der Waals surface area contributed by atoms with E-state index >= 15 is 0 Å². The molecule has 0 spiro atoms. The number of aliphatic hydroxyl groups is 1. The molecule has 1 unspecified atom stereocenters. The van der Waals surface area contributed by atoms with Crippen molar-refractivity contribution >= 4 is 5.69 Å². The van der Waals surface area contributed by atoms with Gasteiger partial charge in [0.2, 0.25) is 0 Å². The SMILES string of the molecule is CCN(c1c(F)cccc1[C@H](C)O)C(C)CN(C)C. The van der Waals surface area contributed by atoms with E-state index in [0.717, 1.165) is 6.54 Å². The maximum Gasteiger partial charge on any atom is 0.146 e. The van der Waals surface area contributed by atoms with Crippen molar-refractivity contribution in [2.45, 2.75) is 32.9 Å². The molecule has 0 bridgehead atoms. The molecule has 1 aromatic rings. The fourth-order valence-electron chi connectivity index (χ4n) is 2.49. The highest BCUT2D eigenvalue weighted by Crippen LogP contribution is 2.30. The molecule has 0 saturated heterocycles. The first kappa shape index (κ1) is 15.9. The fraction of sp³-hybridized carbons (Fsp3) is 0.600. The number of hydrogen-bond acceptors (Lipinski definition) is 3. The summed E-state index contributed by atoms with van der Waals surface area (Å²) in [5.41, 5.74) is 1.17. The largest absolute Gasteiger partial charge is 0.389 e. The van der Waals surface area contributed by atoms with Crippen molar-refractivity contribution in [3.05, 3.63) is 29.6 Å². The number of anilines is 1. The van der Waals surface area contributed by atoms with E-state index in [1.54, 1.807) is 19.1 Å². The van der Waals surface area contributed by atoms with Gasteiger partial charge in [-0.1, -0.05) is 12.1 Å². The van der Waals surface area contributed by atoms with Crippen LogP contribution in [0.15, 0.2) is 18.2 Å². The van der Waals surface area contributed by atoms with Gasteiger partial charge in [-0.2, -0.15) is 0 Å². The summed E-state index contributed by atoms with van der Waals surface area (Å²) in [5, 5.41) is 9.83. The molecule has 0 aliphatic carbocycles. The molecule has 1 aromatic carbocycles. The number of para-hydroxylation sites is 1. The van der Waals surface area contributed by atoms with Crippen LogP contribution in [0.25, 0.3) is 0 Å². The van der Waals surface area contributed by atoms with Crippen LogP contribution in [-0.2, 0) is 0 Å². The Labute approximate surface area is 115 Å². The number of benzene rings is 1. The molecule has 0 saturated carbocycles. The van der Waals surface area contributed by atoms with E-state index in [2.05, 4.69) is 11.8 Å². The third-order valence-electron chi connectivity index (χ3n) is 3.26. The van der Waals surface area contributed by atoms with Crippen LogP contribution in [0, 0.1) is 5.82 Å². The van der Waals surface area contributed by atoms with E-state index < -0.39 is 6.10 Å². The Hall–Kier alpha value is -1.13. The molecular weight excluding hydrogens is 243 g/mol. The normalized spacial score (nSPS) is 14.5. The first-order valence-corrected chi connectivity index (χ1v) is 6.76. The Morgan fingerprint density at radius 2 is 1.89 bits per heavy atom. The van der Waals surface area contributed by atoms with Crippen LogP contribution in [0.3, 0.4) is 0 Å². The number of nitrogens with zero attached hydrogens (tertiary/aromatic N) is 2. The average molecular weight is 268 g/mol. The second-order valence-electron chi connectivity index (χ2n) is 5.25. The third-order valence-corrected chi connectivity index (χ3v) is 3.26. The lowest BCUT2D eigenvalue weighted by Gasteiger charge is -2.34. The molecule has 0 aliphatic rings. The van der Waals surface area contributed by atoms with E-state index in [0.29, 0.717) is 17.8 Å². The van der Waals surface area contributed by atoms with Crippen molar-refractivity contribution in [2.75, 3.05) is 32.1 Å². The Balaban J connectivity index is 3.17. The number of aliphatic hydroxyl groups excluding tert-OH is 1. The highest BCUT2D eigenvalue weighted by atomic mass is 19.1. The van der Waals surface area contributed by atoms with Crippen LogP contribution in [0.1, 0.15) is 32.4 Å². The van der Waals surface area contributed by atoms with Gasteiger partial charge in [-0.25, -0.2) is 4.39 Å². The molecule has 4 heteroatoms. The summed E-state index contributed by atoms with van der Waals surface area (Å²) in [5.74, 6) is -0.272. The average Bonchev–Trinajstić information content (AvgIpc) is 2.30. The van der Waals surface area contributed by atoms with Crippen LogP contribution in [0.2, 0.25) is 0 Å². The van der Waals surface area contributed by atoms with Crippen LogP contribution in [-0.4, -0.2) is 43.2 Å². The minimum absolute atomic E-state index is 0.175. The molecule has 3 nitrogen and oxygen atoms in total. The highest BCUT2D eigenvalue weighted by molar-refractivity contribution is 5.56. The van der Waals surface area contributed by atoms with E-state index in [1.165, 1.54) is 6.07 Å². The zero-order chi connectivity index (χ0) is 14.6. The van der Waals surface area contributed by atoms with Crippen molar-refractivity contribution in [1.29, 1.82) is 0 Å². The fourth-order valence-corrected chi connectivity index (χ4v) is 2.49. The Morgan fingerprint density at radius 3 is 2.37 bits per heavy atom.